The van der Waals surface area contributed by atoms with E-state index in [0.717, 1.165) is 16.7 Å². The quantitative estimate of drug-likeness (QED) is 0.804. The lowest BCUT2D eigenvalue weighted by Crippen LogP contribution is -2.09. The number of hydrogen-bond acceptors (Lipinski definition) is 3. The second kappa shape index (κ2) is 6.80. The maximum absolute atomic E-state index is 11.6. The summed E-state index contributed by atoms with van der Waals surface area (Å²) in [5, 5.41) is 9.10. The van der Waals surface area contributed by atoms with E-state index < -0.39 is 0 Å². The molecule has 0 saturated carbocycles. The van der Waals surface area contributed by atoms with Crippen LogP contribution in [0.2, 0.25) is 0 Å². The number of aryl methyl sites for hydroxylation is 1. The highest BCUT2D eigenvalue weighted by molar-refractivity contribution is 5.80. The van der Waals surface area contributed by atoms with Crippen LogP contribution in [0.25, 0.3) is 11.6 Å². The van der Waals surface area contributed by atoms with Crippen LogP contribution in [0.15, 0.2) is 59.7 Å². The van der Waals surface area contributed by atoms with E-state index in [-0.39, 0.29) is 5.56 Å². The second-order valence-corrected chi connectivity index (χ2v) is 5.50. The summed E-state index contributed by atoms with van der Waals surface area (Å²) in [6.45, 7) is 0. The van der Waals surface area contributed by atoms with Crippen LogP contribution in [0.5, 0.6) is 0 Å². The van der Waals surface area contributed by atoms with E-state index in [4.69, 9.17) is 5.26 Å². The molecule has 0 saturated heterocycles. The van der Waals surface area contributed by atoms with Gasteiger partial charge in [-0.1, -0.05) is 30.3 Å². The lowest BCUT2D eigenvalue weighted by molar-refractivity contribution is 0.907. The molecule has 0 aliphatic carbocycles. The number of H-pyrrole nitrogens is 1. The highest BCUT2D eigenvalue weighted by Gasteiger charge is 2.08. The minimum atomic E-state index is -0.190. The molecule has 0 amide bonds. The Kier molecular flexibility index (Phi) is 4.39. The molecule has 2 heterocycles. The predicted molar refractivity (Wildman–Crippen MR) is 93.0 cm³/mol. The van der Waals surface area contributed by atoms with Crippen molar-refractivity contribution >= 4 is 11.6 Å². The van der Waals surface area contributed by atoms with Gasteiger partial charge >= 0.3 is 0 Å². The zero-order valence-electron chi connectivity index (χ0n) is 13.2. The van der Waals surface area contributed by atoms with Crippen molar-refractivity contribution < 1.29 is 0 Å². The molecule has 0 fully saturated rings. The Morgan fingerprint density at radius 3 is 2.79 bits per heavy atom. The van der Waals surface area contributed by atoms with Crippen LogP contribution in [0.3, 0.4) is 0 Å². The van der Waals surface area contributed by atoms with Crippen molar-refractivity contribution in [1.29, 1.82) is 5.26 Å². The Morgan fingerprint density at radius 1 is 1.33 bits per heavy atom. The number of nitrogens with zero attached hydrogens (tertiary/aromatic N) is 3. The van der Waals surface area contributed by atoms with Crippen LogP contribution in [0.1, 0.15) is 22.6 Å². The lowest BCUT2D eigenvalue weighted by atomic mass is 10.0. The second-order valence-electron chi connectivity index (χ2n) is 5.50. The third-order valence-electron chi connectivity index (χ3n) is 3.69. The molecule has 0 bridgehead atoms. The first-order valence-corrected chi connectivity index (χ1v) is 7.52. The predicted octanol–water partition coefficient (Wildman–Crippen LogP) is 2.76. The summed E-state index contributed by atoms with van der Waals surface area (Å²) in [5.74, 6) is 0.536. The summed E-state index contributed by atoms with van der Waals surface area (Å²) >= 11 is 0. The molecule has 0 radical (unpaired) electrons. The summed E-state index contributed by atoms with van der Waals surface area (Å²) in [6.07, 6.45) is 5.96. The maximum atomic E-state index is 11.6. The van der Waals surface area contributed by atoms with Crippen molar-refractivity contribution in [2.24, 2.45) is 7.05 Å². The Hall–Kier alpha value is -3.39. The van der Waals surface area contributed by atoms with E-state index in [0.29, 0.717) is 17.9 Å². The number of aromatic amines is 1. The Morgan fingerprint density at radius 2 is 2.12 bits per heavy atom. The van der Waals surface area contributed by atoms with Gasteiger partial charge in [0.25, 0.3) is 5.56 Å². The molecular weight excluding hydrogens is 300 g/mol. The van der Waals surface area contributed by atoms with Crippen LogP contribution >= 0.6 is 0 Å². The largest absolute Gasteiger partial charge is 0.342 e. The molecule has 5 heteroatoms. The van der Waals surface area contributed by atoms with E-state index in [9.17, 15) is 4.79 Å². The third-order valence-corrected chi connectivity index (χ3v) is 3.69. The van der Waals surface area contributed by atoms with Gasteiger partial charge in [0.1, 0.15) is 17.6 Å². The van der Waals surface area contributed by atoms with E-state index in [2.05, 4.69) is 16.0 Å². The average Bonchev–Trinajstić information content (AvgIpc) is 2.95. The van der Waals surface area contributed by atoms with Crippen LogP contribution < -0.4 is 5.56 Å². The Balaban J connectivity index is 2.05. The van der Waals surface area contributed by atoms with E-state index >= 15 is 0 Å². The molecule has 118 valence electrons. The van der Waals surface area contributed by atoms with Crippen molar-refractivity contribution in [2.45, 2.75) is 6.42 Å². The fourth-order valence-corrected chi connectivity index (χ4v) is 2.53. The lowest BCUT2D eigenvalue weighted by Gasteiger charge is -2.07. The first kappa shape index (κ1) is 15.5. The van der Waals surface area contributed by atoms with Gasteiger partial charge in [0, 0.05) is 31.9 Å². The number of nitriles is 1. The Labute approximate surface area is 139 Å². The number of benzene rings is 1. The van der Waals surface area contributed by atoms with Crippen molar-refractivity contribution in [3.8, 4) is 6.07 Å². The first-order chi connectivity index (χ1) is 11.7. The number of hydrogen-bond donors (Lipinski definition) is 1. The minimum Gasteiger partial charge on any atom is -0.342 e. The van der Waals surface area contributed by atoms with Crippen LogP contribution in [0, 0.1) is 11.3 Å². The molecule has 0 aliphatic heterocycles. The van der Waals surface area contributed by atoms with Crippen molar-refractivity contribution in [3.63, 3.8) is 0 Å². The van der Waals surface area contributed by atoms with Gasteiger partial charge in [0.2, 0.25) is 0 Å². The molecule has 0 unspecified atom stereocenters. The monoisotopic (exact) mass is 316 g/mol. The van der Waals surface area contributed by atoms with E-state index in [1.807, 2.05) is 55.7 Å². The average molecular weight is 316 g/mol. The normalized spacial score (nSPS) is 11.2. The van der Waals surface area contributed by atoms with E-state index in [1.165, 1.54) is 12.3 Å². The van der Waals surface area contributed by atoms with Gasteiger partial charge in [-0.2, -0.15) is 5.26 Å². The fraction of sp³-hybridized carbons (Fsp3) is 0.105. The molecule has 2 aromatic heterocycles. The molecular formula is C19H16N4O. The summed E-state index contributed by atoms with van der Waals surface area (Å²) in [5.41, 5.74) is 3.28. The smallest absolute Gasteiger partial charge is 0.251 e. The zero-order valence-corrected chi connectivity index (χ0v) is 13.2. The molecule has 0 aliphatic rings. The van der Waals surface area contributed by atoms with Gasteiger partial charge in [-0.3, -0.25) is 4.79 Å². The zero-order chi connectivity index (χ0) is 16.9. The molecule has 0 spiro atoms. The molecule has 24 heavy (non-hydrogen) atoms. The highest BCUT2D eigenvalue weighted by Crippen LogP contribution is 2.20. The first-order valence-electron chi connectivity index (χ1n) is 7.52. The SMILES string of the molecule is Cn1cc(/C=C(/Cc2ccccc2)c2nccc(=O)[nH]2)cc1C#N. The number of rotatable bonds is 4. The number of aromatic nitrogens is 3. The van der Waals surface area contributed by atoms with Crippen LogP contribution in [-0.2, 0) is 13.5 Å². The van der Waals surface area contributed by atoms with Crippen molar-refractivity contribution in [1.82, 2.24) is 14.5 Å². The van der Waals surface area contributed by atoms with Crippen LogP contribution in [0.4, 0.5) is 0 Å². The standard InChI is InChI=1S/C19H16N4O/c1-23-13-15(11-17(23)12-20)10-16(9-14-5-3-2-4-6-14)19-21-8-7-18(24)22-19/h2-8,10-11,13H,9H2,1H3,(H,21,22,24)/b16-10-. The fourth-order valence-electron chi connectivity index (χ4n) is 2.53. The molecule has 1 N–H and O–H groups in total. The van der Waals surface area contributed by atoms with Gasteiger partial charge in [-0.25, -0.2) is 4.98 Å². The Bertz CT molecular complexity index is 974. The topological polar surface area (TPSA) is 74.5 Å². The van der Waals surface area contributed by atoms with Gasteiger partial charge < -0.3 is 9.55 Å². The maximum Gasteiger partial charge on any atom is 0.251 e. The van der Waals surface area contributed by atoms with E-state index in [1.54, 1.807) is 4.57 Å². The van der Waals surface area contributed by atoms with Gasteiger partial charge in [-0.15, -0.1) is 0 Å². The van der Waals surface area contributed by atoms with Crippen molar-refractivity contribution in [3.05, 3.63) is 87.9 Å². The number of nitrogens with one attached hydrogen (secondary N) is 1. The molecule has 5 nitrogen and oxygen atoms in total. The molecule has 3 aromatic rings. The van der Waals surface area contributed by atoms with Gasteiger partial charge in [0.05, 0.1) is 0 Å². The molecule has 1 aromatic carbocycles. The summed E-state index contributed by atoms with van der Waals surface area (Å²) in [6, 6.07) is 15.3. The minimum absolute atomic E-state index is 0.190. The molecule has 3 rings (SSSR count). The number of allylic oxidation sites excluding steroid dienone is 1. The van der Waals surface area contributed by atoms with Gasteiger partial charge in [0.15, 0.2) is 0 Å². The van der Waals surface area contributed by atoms with Gasteiger partial charge in [-0.05, 0) is 28.8 Å². The third kappa shape index (κ3) is 3.50. The molecule has 0 atom stereocenters. The summed E-state index contributed by atoms with van der Waals surface area (Å²) in [4.78, 5) is 18.7. The van der Waals surface area contributed by atoms with Crippen molar-refractivity contribution in [2.75, 3.05) is 0 Å². The summed E-state index contributed by atoms with van der Waals surface area (Å²) in [7, 11) is 1.83. The summed E-state index contributed by atoms with van der Waals surface area (Å²) < 4.78 is 1.77. The highest BCUT2D eigenvalue weighted by atomic mass is 16.1. The van der Waals surface area contributed by atoms with Crippen LogP contribution in [-0.4, -0.2) is 14.5 Å².